The second kappa shape index (κ2) is 5.95. The molecule has 2 aromatic rings. The van der Waals surface area contributed by atoms with Gasteiger partial charge in [0.05, 0.1) is 10.9 Å². The van der Waals surface area contributed by atoms with Crippen molar-refractivity contribution in [3.05, 3.63) is 65.4 Å². The molecule has 0 bridgehead atoms. The van der Waals surface area contributed by atoms with Gasteiger partial charge >= 0.3 is 0 Å². The van der Waals surface area contributed by atoms with E-state index in [0.29, 0.717) is 6.42 Å². The van der Waals surface area contributed by atoms with Gasteiger partial charge in [0.2, 0.25) is 0 Å². The number of aromatic hydroxyl groups is 1. The van der Waals surface area contributed by atoms with Crippen LogP contribution in [0, 0.1) is 5.41 Å². The molecule has 0 spiro atoms. The smallest absolute Gasteiger partial charge is 0.162 e. The molecule has 2 aromatic carbocycles. The molecule has 0 aromatic heterocycles. The second-order valence-corrected chi connectivity index (χ2v) is 8.69. The van der Waals surface area contributed by atoms with Crippen LogP contribution in [0.4, 0.5) is 5.69 Å². The highest BCUT2D eigenvalue weighted by Gasteiger charge is 2.39. The van der Waals surface area contributed by atoms with Gasteiger partial charge in [0.25, 0.3) is 0 Å². The molecule has 0 saturated heterocycles. The Hall–Kier alpha value is -2.20. The topological polar surface area (TPSA) is 49.3 Å². The number of rotatable bonds is 1. The minimum atomic E-state index is -0.0599. The van der Waals surface area contributed by atoms with Crippen molar-refractivity contribution >= 4 is 23.2 Å². The van der Waals surface area contributed by atoms with Gasteiger partial charge in [-0.15, -0.1) is 11.8 Å². The Balaban J connectivity index is 1.88. The van der Waals surface area contributed by atoms with Gasteiger partial charge in [0, 0.05) is 22.6 Å². The predicted octanol–water partition coefficient (Wildman–Crippen LogP) is 5.29. The van der Waals surface area contributed by atoms with E-state index in [1.165, 1.54) is 0 Å². The van der Waals surface area contributed by atoms with Crippen molar-refractivity contribution in [2.45, 2.75) is 36.8 Å². The van der Waals surface area contributed by atoms with Crippen LogP contribution in [0.3, 0.4) is 0 Å². The number of para-hydroxylation sites is 1. The number of hydrogen-bond donors (Lipinski definition) is 2. The number of anilines is 1. The number of ketones is 1. The van der Waals surface area contributed by atoms with E-state index in [2.05, 4.69) is 31.3 Å². The van der Waals surface area contributed by atoms with E-state index in [1.807, 2.05) is 24.3 Å². The first-order valence-corrected chi connectivity index (χ1v) is 9.39. The molecule has 25 heavy (non-hydrogen) atoms. The maximum absolute atomic E-state index is 13.0. The van der Waals surface area contributed by atoms with Crippen LogP contribution in [0.15, 0.2) is 64.7 Å². The minimum absolute atomic E-state index is 0.0353. The van der Waals surface area contributed by atoms with Gasteiger partial charge < -0.3 is 10.4 Å². The summed E-state index contributed by atoms with van der Waals surface area (Å²) in [4.78, 5) is 14.2. The minimum Gasteiger partial charge on any atom is -0.508 e. The zero-order chi connectivity index (χ0) is 17.6. The molecule has 1 aliphatic carbocycles. The number of Topliss-reactive ketones (excluding diaryl/α,β-unsaturated/α-hetero) is 1. The highest BCUT2D eigenvalue weighted by molar-refractivity contribution is 8.00. The molecule has 2 N–H and O–H groups in total. The summed E-state index contributed by atoms with van der Waals surface area (Å²) in [5.74, 6) is 0.461. The van der Waals surface area contributed by atoms with E-state index in [0.717, 1.165) is 33.8 Å². The number of thioether (sulfide) groups is 1. The molecule has 3 nitrogen and oxygen atoms in total. The van der Waals surface area contributed by atoms with Crippen molar-refractivity contribution in [1.29, 1.82) is 0 Å². The number of carbonyl (C=O) groups excluding carboxylic acids is 1. The van der Waals surface area contributed by atoms with Gasteiger partial charge in [-0.2, -0.15) is 0 Å². The van der Waals surface area contributed by atoms with Crippen molar-refractivity contribution in [3.8, 4) is 5.75 Å². The second-order valence-electron chi connectivity index (χ2n) is 7.54. The summed E-state index contributed by atoms with van der Waals surface area (Å²) in [6, 6.07) is 15.4. The first-order valence-electron chi connectivity index (χ1n) is 8.51. The molecule has 4 heteroatoms. The lowest BCUT2D eigenvalue weighted by Crippen LogP contribution is -2.29. The number of fused-ring (bicyclic) bond motifs is 1. The van der Waals surface area contributed by atoms with E-state index < -0.39 is 0 Å². The van der Waals surface area contributed by atoms with Gasteiger partial charge in [-0.05, 0) is 41.7 Å². The normalized spacial score (nSPS) is 21.8. The van der Waals surface area contributed by atoms with Gasteiger partial charge in [-0.3, -0.25) is 4.79 Å². The highest BCUT2D eigenvalue weighted by Crippen LogP contribution is 2.51. The highest BCUT2D eigenvalue weighted by atomic mass is 32.2. The zero-order valence-electron chi connectivity index (χ0n) is 14.4. The van der Waals surface area contributed by atoms with E-state index in [4.69, 9.17) is 0 Å². The average Bonchev–Trinajstić information content (AvgIpc) is 2.70. The van der Waals surface area contributed by atoms with Gasteiger partial charge in [0.1, 0.15) is 5.75 Å². The van der Waals surface area contributed by atoms with Crippen molar-refractivity contribution in [3.63, 3.8) is 0 Å². The Labute approximate surface area is 152 Å². The van der Waals surface area contributed by atoms with Crippen LogP contribution >= 0.6 is 11.8 Å². The van der Waals surface area contributed by atoms with Crippen molar-refractivity contribution in [1.82, 2.24) is 0 Å². The Morgan fingerprint density at radius 1 is 1.08 bits per heavy atom. The summed E-state index contributed by atoms with van der Waals surface area (Å²) in [5, 5.41) is 13.1. The molecule has 0 fully saturated rings. The Kier molecular flexibility index (Phi) is 3.88. The molecule has 0 saturated carbocycles. The summed E-state index contributed by atoms with van der Waals surface area (Å²) in [6.07, 6.45) is 1.43. The number of phenolic OH excluding ortho intramolecular Hbond substituents is 1. The molecule has 1 aliphatic heterocycles. The largest absolute Gasteiger partial charge is 0.508 e. The van der Waals surface area contributed by atoms with Crippen LogP contribution < -0.4 is 5.32 Å². The van der Waals surface area contributed by atoms with Crippen LogP contribution in [-0.2, 0) is 4.79 Å². The zero-order valence-corrected chi connectivity index (χ0v) is 15.2. The molecule has 1 atom stereocenters. The molecule has 2 aliphatic rings. The summed E-state index contributed by atoms with van der Waals surface area (Å²) in [6.45, 7) is 4.30. The SMILES string of the molecule is CC1(C)CC(=O)C2=C(C1)Nc1ccccc1S[C@H]2c1ccc(O)cc1. The molecular formula is C21H21NO2S. The number of carbonyl (C=O) groups is 1. The van der Waals surface area contributed by atoms with Gasteiger partial charge in [-0.1, -0.05) is 38.1 Å². The monoisotopic (exact) mass is 351 g/mol. The first kappa shape index (κ1) is 16.3. The summed E-state index contributed by atoms with van der Waals surface area (Å²) >= 11 is 1.70. The lowest BCUT2D eigenvalue weighted by molar-refractivity contribution is -0.118. The van der Waals surface area contributed by atoms with Crippen LogP contribution in [0.25, 0.3) is 0 Å². The maximum atomic E-state index is 13.0. The Morgan fingerprint density at radius 2 is 1.80 bits per heavy atom. The van der Waals surface area contributed by atoms with Gasteiger partial charge in [0.15, 0.2) is 5.78 Å². The fourth-order valence-corrected chi connectivity index (χ4v) is 5.00. The molecule has 0 amide bonds. The number of nitrogens with one attached hydrogen (secondary N) is 1. The lowest BCUT2D eigenvalue weighted by atomic mass is 9.74. The van der Waals surface area contributed by atoms with Crippen LogP contribution in [0.5, 0.6) is 5.75 Å². The summed E-state index contributed by atoms with van der Waals surface area (Å²) < 4.78 is 0. The third kappa shape index (κ3) is 3.07. The van der Waals surface area contributed by atoms with E-state index in [-0.39, 0.29) is 22.2 Å². The lowest BCUT2D eigenvalue weighted by Gasteiger charge is -2.33. The Bertz CT molecular complexity index is 868. The predicted molar refractivity (Wildman–Crippen MR) is 102 cm³/mol. The number of hydrogen-bond acceptors (Lipinski definition) is 4. The van der Waals surface area contributed by atoms with Crippen molar-refractivity contribution < 1.29 is 9.90 Å². The fraction of sp³-hybridized carbons (Fsp3) is 0.286. The maximum Gasteiger partial charge on any atom is 0.162 e. The van der Waals surface area contributed by atoms with Crippen LogP contribution in [0.2, 0.25) is 0 Å². The third-order valence-corrected chi connectivity index (χ3v) is 6.15. The number of benzene rings is 2. The van der Waals surface area contributed by atoms with E-state index in [9.17, 15) is 9.90 Å². The van der Waals surface area contributed by atoms with Crippen molar-refractivity contribution in [2.24, 2.45) is 5.41 Å². The van der Waals surface area contributed by atoms with E-state index >= 15 is 0 Å². The van der Waals surface area contributed by atoms with Gasteiger partial charge in [-0.25, -0.2) is 0 Å². The molecule has 0 unspecified atom stereocenters. The molecule has 1 heterocycles. The van der Waals surface area contributed by atoms with Crippen LogP contribution in [0.1, 0.15) is 37.5 Å². The molecule has 4 rings (SSSR count). The summed E-state index contributed by atoms with van der Waals surface area (Å²) in [5.41, 5.74) is 3.99. The molecule has 128 valence electrons. The fourth-order valence-electron chi connectivity index (χ4n) is 3.66. The standard InChI is InChI=1S/C21H21NO2S/c1-21(2)11-16-19(17(24)12-21)20(13-7-9-14(23)10-8-13)25-18-6-4-3-5-15(18)22-16/h3-10,20,22-23H,11-12H2,1-2H3/t20-/m0/s1. The van der Waals surface area contributed by atoms with Crippen LogP contribution in [-0.4, -0.2) is 10.9 Å². The molecule has 0 radical (unpaired) electrons. The summed E-state index contributed by atoms with van der Waals surface area (Å²) in [7, 11) is 0. The quantitative estimate of drug-likeness (QED) is 0.732. The molecular weight excluding hydrogens is 330 g/mol. The number of phenols is 1. The first-order chi connectivity index (χ1) is 11.9. The van der Waals surface area contributed by atoms with Crippen molar-refractivity contribution in [2.75, 3.05) is 5.32 Å². The van der Waals surface area contributed by atoms with E-state index in [1.54, 1.807) is 23.9 Å². The Morgan fingerprint density at radius 3 is 2.56 bits per heavy atom. The number of allylic oxidation sites excluding steroid dienone is 1. The average molecular weight is 351 g/mol. The third-order valence-electron chi connectivity index (χ3n) is 4.80.